The van der Waals surface area contributed by atoms with Crippen molar-refractivity contribution >= 4 is 17.4 Å². The number of rotatable bonds is 5. The molecule has 0 aliphatic rings. The number of aromatic nitrogens is 1. The molecule has 3 aromatic rings. The molecule has 1 amide bonds. The van der Waals surface area contributed by atoms with Gasteiger partial charge in [-0.3, -0.25) is 4.79 Å². The van der Waals surface area contributed by atoms with Crippen molar-refractivity contribution in [2.75, 3.05) is 10.6 Å². The van der Waals surface area contributed by atoms with Crippen molar-refractivity contribution in [1.82, 2.24) is 4.98 Å². The summed E-state index contributed by atoms with van der Waals surface area (Å²) < 4.78 is 13.6. The van der Waals surface area contributed by atoms with Crippen LogP contribution in [0.15, 0.2) is 66.9 Å². The minimum Gasteiger partial charge on any atom is -0.380 e. The monoisotopic (exact) mass is 335 g/mol. The first kappa shape index (κ1) is 16.6. The number of pyridine rings is 1. The third-order valence-corrected chi connectivity index (χ3v) is 3.87. The molecule has 0 aliphatic carbocycles. The number of hydrogen-bond donors (Lipinski definition) is 2. The van der Waals surface area contributed by atoms with Gasteiger partial charge in [0, 0.05) is 6.54 Å². The van der Waals surface area contributed by atoms with E-state index >= 15 is 0 Å². The van der Waals surface area contributed by atoms with Crippen molar-refractivity contribution in [2.45, 2.75) is 13.5 Å². The van der Waals surface area contributed by atoms with Crippen molar-refractivity contribution in [3.05, 3.63) is 89.4 Å². The Morgan fingerprint density at radius 2 is 1.80 bits per heavy atom. The molecule has 0 fully saturated rings. The summed E-state index contributed by atoms with van der Waals surface area (Å²) in [7, 11) is 0. The summed E-state index contributed by atoms with van der Waals surface area (Å²) in [5, 5.41) is 5.88. The van der Waals surface area contributed by atoms with E-state index in [4.69, 9.17) is 0 Å². The van der Waals surface area contributed by atoms with Crippen molar-refractivity contribution < 1.29 is 9.18 Å². The lowest BCUT2D eigenvalue weighted by Crippen LogP contribution is -2.14. The average Bonchev–Trinajstić information content (AvgIpc) is 2.62. The molecule has 0 bridgehead atoms. The van der Waals surface area contributed by atoms with E-state index in [1.807, 2.05) is 18.2 Å². The summed E-state index contributed by atoms with van der Waals surface area (Å²) in [5.41, 5.74) is 3.26. The van der Waals surface area contributed by atoms with E-state index in [1.54, 1.807) is 24.4 Å². The molecule has 0 unspecified atom stereocenters. The largest absolute Gasteiger partial charge is 0.380 e. The molecule has 2 N–H and O–H groups in total. The van der Waals surface area contributed by atoms with E-state index in [0.29, 0.717) is 12.4 Å². The van der Waals surface area contributed by atoms with Gasteiger partial charge in [0.2, 0.25) is 0 Å². The maximum absolute atomic E-state index is 13.6. The Hall–Kier alpha value is -3.21. The first-order chi connectivity index (χ1) is 12.1. The Kier molecular flexibility index (Phi) is 5.04. The Morgan fingerprint density at radius 3 is 2.52 bits per heavy atom. The Labute approximate surface area is 145 Å². The van der Waals surface area contributed by atoms with Crippen LogP contribution in [0, 0.1) is 12.7 Å². The van der Waals surface area contributed by atoms with Crippen molar-refractivity contribution in [2.24, 2.45) is 0 Å². The van der Waals surface area contributed by atoms with Crippen LogP contribution in [0.25, 0.3) is 0 Å². The average molecular weight is 335 g/mol. The number of carbonyl (C=O) groups is 1. The highest BCUT2D eigenvalue weighted by Gasteiger charge is 2.11. The van der Waals surface area contributed by atoms with Gasteiger partial charge in [0.05, 0.1) is 17.4 Å². The zero-order chi connectivity index (χ0) is 17.6. The molecular formula is C20H18FN3O. The van der Waals surface area contributed by atoms with Crippen molar-refractivity contribution in [1.29, 1.82) is 0 Å². The standard InChI is InChI=1S/C20H18FN3O/c1-14-6-2-3-7-15(14)12-22-16-10-11-19(23-13-16)24-20(25)17-8-4-5-9-18(17)21/h2-11,13,22H,12H2,1H3,(H,23,24,25). The molecule has 0 aliphatic heterocycles. The SMILES string of the molecule is Cc1ccccc1CNc1ccc(NC(=O)c2ccccc2F)nc1. The number of benzene rings is 2. The maximum atomic E-state index is 13.6. The minimum atomic E-state index is -0.559. The summed E-state index contributed by atoms with van der Waals surface area (Å²) in [4.78, 5) is 16.3. The van der Waals surface area contributed by atoms with Crippen LogP contribution in [0.2, 0.25) is 0 Å². The quantitative estimate of drug-likeness (QED) is 0.727. The second-order valence-electron chi connectivity index (χ2n) is 5.65. The molecule has 0 saturated heterocycles. The smallest absolute Gasteiger partial charge is 0.259 e. The molecule has 0 spiro atoms. The molecule has 126 valence electrons. The van der Waals surface area contributed by atoms with Gasteiger partial charge in [-0.1, -0.05) is 36.4 Å². The van der Waals surface area contributed by atoms with Crippen LogP contribution in [-0.2, 0) is 6.54 Å². The van der Waals surface area contributed by atoms with E-state index in [-0.39, 0.29) is 5.56 Å². The second-order valence-corrected chi connectivity index (χ2v) is 5.65. The summed E-state index contributed by atoms with van der Waals surface area (Å²) in [6.45, 7) is 2.76. The van der Waals surface area contributed by atoms with Crippen LogP contribution in [0.5, 0.6) is 0 Å². The van der Waals surface area contributed by atoms with Crippen LogP contribution < -0.4 is 10.6 Å². The number of halogens is 1. The normalized spacial score (nSPS) is 10.3. The number of nitrogens with zero attached hydrogens (tertiary/aromatic N) is 1. The highest BCUT2D eigenvalue weighted by molar-refractivity contribution is 6.03. The lowest BCUT2D eigenvalue weighted by molar-refractivity contribution is 0.102. The summed E-state index contributed by atoms with van der Waals surface area (Å²) in [5.74, 6) is -0.711. The van der Waals surface area contributed by atoms with Gasteiger partial charge in [-0.15, -0.1) is 0 Å². The molecule has 1 aromatic heterocycles. The number of hydrogen-bond acceptors (Lipinski definition) is 3. The highest BCUT2D eigenvalue weighted by Crippen LogP contribution is 2.15. The van der Waals surface area contributed by atoms with Crippen LogP contribution in [0.4, 0.5) is 15.9 Å². The highest BCUT2D eigenvalue weighted by atomic mass is 19.1. The lowest BCUT2D eigenvalue weighted by Gasteiger charge is -2.10. The first-order valence-corrected chi connectivity index (χ1v) is 7.94. The predicted octanol–water partition coefficient (Wildman–Crippen LogP) is 4.39. The number of aryl methyl sites for hydroxylation is 1. The molecule has 5 heteroatoms. The maximum Gasteiger partial charge on any atom is 0.259 e. The summed E-state index contributed by atoms with van der Waals surface area (Å²) >= 11 is 0. The molecule has 0 atom stereocenters. The molecule has 3 rings (SSSR count). The fourth-order valence-electron chi connectivity index (χ4n) is 2.41. The number of amides is 1. The number of anilines is 2. The molecule has 1 heterocycles. The zero-order valence-corrected chi connectivity index (χ0v) is 13.8. The van der Waals surface area contributed by atoms with E-state index < -0.39 is 11.7 Å². The van der Waals surface area contributed by atoms with Gasteiger partial charge >= 0.3 is 0 Å². The molecular weight excluding hydrogens is 317 g/mol. The lowest BCUT2D eigenvalue weighted by atomic mass is 10.1. The molecule has 0 saturated carbocycles. The molecule has 0 radical (unpaired) electrons. The van der Waals surface area contributed by atoms with Crippen LogP contribution >= 0.6 is 0 Å². The van der Waals surface area contributed by atoms with Gasteiger partial charge in [-0.25, -0.2) is 9.37 Å². The van der Waals surface area contributed by atoms with Gasteiger partial charge in [-0.05, 0) is 42.3 Å². The zero-order valence-electron chi connectivity index (χ0n) is 13.8. The second kappa shape index (κ2) is 7.57. The van der Waals surface area contributed by atoms with Crippen molar-refractivity contribution in [3.8, 4) is 0 Å². The van der Waals surface area contributed by atoms with Gasteiger partial charge < -0.3 is 10.6 Å². The van der Waals surface area contributed by atoms with Crippen LogP contribution in [-0.4, -0.2) is 10.9 Å². The fourth-order valence-corrected chi connectivity index (χ4v) is 2.41. The van der Waals surface area contributed by atoms with E-state index in [2.05, 4.69) is 34.7 Å². The van der Waals surface area contributed by atoms with Crippen LogP contribution in [0.1, 0.15) is 21.5 Å². The van der Waals surface area contributed by atoms with Crippen molar-refractivity contribution in [3.63, 3.8) is 0 Å². The first-order valence-electron chi connectivity index (χ1n) is 7.94. The van der Waals surface area contributed by atoms with E-state index in [0.717, 1.165) is 5.69 Å². The number of nitrogens with one attached hydrogen (secondary N) is 2. The molecule has 2 aromatic carbocycles. The van der Waals surface area contributed by atoms with Crippen LogP contribution in [0.3, 0.4) is 0 Å². The summed E-state index contributed by atoms with van der Waals surface area (Å²) in [6.07, 6.45) is 1.63. The number of carbonyl (C=O) groups excluding carboxylic acids is 1. The van der Waals surface area contributed by atoms with E-state index in [1.165, 1.54) is 23.3 Å². The third-order valence-electron chi connectivity index (χ3n) is 3.87. The fraction of sp³-hybridized carbons (Fsp3) is 0.100. The van der Waals surface area contributed by atoms with Gasteiger partial charge in [0.1, 0.15) is 11.6 Å². The van der Waals surface area contributed by atoms with E-state index in [9.17, 15) is 9.18 Å². The van der Waals surface area contributed by atoms with Gasteiger partial charge in [-0.2, -0.15) is 0 Å². The Balaban J connectivity index is 1.62. The third kappa shape index (κ3) is 4.20. The molecule has 25 heavy (non-hydrogen) atoms. The van der Waals surface area contributed by atoms with Gasteiger partial charge in [0.15, 0.2) is 0 Å². The Morgan fingerprint density at radius 1 is 1.04 bits per heavy atom. The topological polar surface area (TPSA) is 54.0 Å². The predicted molar refractivity (Wildman–Crippen MR) is 97.1 cm³/mol. The molecule has 4 nitrogen and oxygen atoms in total. The minimum absolute atomic E-state index is 0.00828. The summed E-state index contributed by atoms with van der Waals surface area (Å²) in [6, 6.07) is 17.5. The Bertz CT molecular complexity index is 878. The van der Waals surface area contributed by atoms with Gasteiger partial charge in [0.25, 0.3) is 5.91 Å².